The third-order valence-corrected chi connectivity index (χ3v) is 2.42. The first-order chi connectivity index (χ1) is 8.61. The van der Waals surface area contributed by atoms with E-state index in [-0.39, 0.29) is 6.61 Å². The minimum absolute atomic E-state index is 0.276. The van der Waals surface area contributed by atoms with Crippen molar-refractivity contribution < 1.29 is 14.6 Å². The topological polar surface area (TPSA) is 50.7 Å². The molecule has 4 nitrogen and oxygen atoms in total. The van der Waals surface area contributed by atoms with Crippen molar-refractivity contribution in [2.75, 3.05) is 26.8 Å². The summed E-state index contributed by atoms with van der Waals surface area (Å²) in [7, 11) is 1.61. The van der Waals surface area contributed by atoms with Gasteiger partial charge in [0, 0.05) is 12.6 Å². The van der Waals surface area contributed by atoms with Crippen LogP contribution in [0, 0.1) is 5.92 Å². The fourth-order valence-corrected chi connectivity index (χ4v) is 1.48. The zero-order chi connectivity index (χ0) is 13.4. The molecule has 0 aliphatic carbocycles. The second-order valence-electron chi connectivity index (χ2n) is 4.70. The molecule has 0 fully saturated rings. The van der Waals surface area contributed by atoms with E-state index in [1.807, 2.05) is 18.2 Å². The number of aliphatic hydroxyl groups is 1. The van der Waals surface area contributed by atoms with E-state index in [0.29, 0.717) is 18.2 Å². The van der Waals surface area contributed by atoms with Crippen LogP contribution in [-0.2, 0) is 0 Å². The van der Waals surface area contributed by atoms with E-state index in [9.17, 15) is 5.11 Å². The lowest BCUT2D eigenvalue weighted by molar-refractivity contribution is 0.105. The lowest BCUT2D eigenvalue weighted by Gasteiger charge is -2.14. The minimum atomic E-state index is -0.505. The number of benzene rings is 1. The van der Waals surface area contributed by atoms with E-state index in [4.69, 9.17) is 9.47 Å². The molecule has 0 amide bonds. The molecule has 0 aliphatic heterocycles. The fraction of sp³-hybridized carbons (Fsp3) is 0.571. The van der Waals surface area contributed by atoms with Gasteiger partial charge in [0.05, 0.1) is 7.11 Å². The number of hydrogen-bond donors (Lipinski definition) is 2. The molecular weight excluding hydrogens is 230 g/mol. The molecule has 0 unspecified atom stereocenters. The van der Waals surface area contributed by atoms with Crippen LogP contribution in [-0.4, -0.2) is 38.0 Å². The van der Waals surface area contributed by atoms with Gasteiger partial charge >= 0.3 is 0 Å². The van der Waals surface area contributed by atoms with E-state index < -0.39 is 6.10 Å². The predicted molar refractivity (Wildman–Crippen MR) is 72.2 cm³/mol. The smallest absolute Gasteiger partial charge is 0.123 e. The Morgan fingerprint density at radius 3 is 2.61 bits per heavy atom. The standard InChI is InChI=1S/C14H23NO3/c1-11(2)8-15-9-12(16)10-18-14-6-4-5-13(7-14)17-3/h4-7,11-12,15-16H,8-10H2,1-3H3/t12-/m1/s1. The zero-order valence-corrected chi connectivity index (χ0v) is 11.3. The van der Waals surface area contributed by atoms with Gasteiger partial charge in [-0.05, 0) is 24.6 Å². The van der Waals surface area contributed by atoms with Gasteiger partial charge in [0.2, 0.25) is 0 Å². The van der Waals surface area contributed by atoms with Crippen molar-refractivity contribution in [2.24, 2.45) is 5.92 Å². The Morgan fingerprint density at radius 2 is 1.94 bits per heavy atom. The molecule has 18 heavy (non-hydrogen) atoms. The average molecular weight is 253 g/mol. The average Bonchev–Trinajstić information content (AvgIpc) is 2.36. The minimum Gasteiger partial charge on any atom is -0.497 e. The maximum atomic E-state index is 9.73. The molecule has 0 saturated carbocycles. The number of aliphatic hydroxyl groups excluding tert-OH is 1. The van der Waals surface area contributed by atoms with Crippen LogP contribution in [0.5, 0.6) is 11.5 Å². The highest BCUT2D eigenvalue weighted by Crippen LogP contribution is 2.18. The molecule has 1 aromatic carbocycles. The molecule has 1 aromatic rings. The second kappa shape index (κ2) is 7.95. The molecule has 0 aromatic heterocycles. The second-order valence-corrected chi connectivity index (χ2v) is 4.70. The van der Waals surface area contributed by atoms with Crippen molar-refractivity contribution >= 4 is 0 Å². The molecule has 0 saturated heterocycles. The van der Waals surface area contributed by atoms with Gasteiger partial charge < -0.3 is 19.9 Å². The van der Waals surface area contributed by atoms with Gasteiger partial charge in [-0.3, -0.25) is 0 Å². The summed E-state index contributed by atoms with van der Waals surface area (Å²) in [5.41, 5.74) is 0. The molecule has 0 aliphatic rings. The van der Waals surface area contributed by atoms with Crippen LogP contribution in [0.2, 0.25) is 0 Å². The highest BCUT2D eigenvalue weighted by molar-refractivity contribution is 5.32. The highest BCUT2D eigenvalue weighted by Gasteiger charge is 2.05. The largest absolute Gasteiger partial charge is 0.497 e. The third-order valence-electron chi connectivity index (χ3n) is 2.42. The SMILES string of the molecule is COc1cccc(OC[C@H](O)CNCC(C)C)c1. The molecule has 1 atom stereocenters. The molecule has 2 N–H and O–H groups in total. The summed E-state index contributed by atoms with van der Waals surface area (Å²) >= 11 is 0. The van der Waals surface area contributed by atoms with E-state index in [1.54, 1.807) is 13.2 Å². The lowest BCUT2D eigenvalue weighted by Crippen LogP contribution is -2.33. The van der Waals surface area contributed by atoms with Crippen LogP contribution in [0.15, 0.2) is 24.3 Å². The summed E-state index contributed by atoms with van der Waals surface area (Å²) in [4.78, 5) is 0. The number of rotatable bonds is 8. The Hall–Kier alpha value is -1.26. The normalized spacial score (nSPS) is 12.5. The van der Waals surface area contributed by atoms with Crippen LogP contribution in [0.25, 0.3) is 0 Å². The summed E-state index contributed by atoms with van der Waals surface area (Å²) in [6.45, 7) is 5.98. The molecule has 4 heteroatoms. The fourth-order valence-electron chi connectivity index (χ4n) is 1.48. The van der Waals surface area contributed by atoms with Gasteiger partial charge in [-0.25, -0.2) is 0 Å². The summed E-state index contributed by atoms with van der Waals surface area (Å²) in [6, 6.07) is 7.36. The first kappa shape index (κ1) is 14.8. The predicted octanol–water partition coefficient (Wildman–Crippen LogP) is 1.68. The van der Waals surface area contributed by atoms with E-state index in [0.717, 1.165) is 12.3 Å². The van der Waals surface area contributed by atoms with Gasteiger partial charge in [0.1, 0.15) is 24.2 Å². The zero-order valence-electron chi connectivity index (χ0n) is 11.3. The van der Waals surface area contributed by atoms with E-state index >= 15 is 0 Å². The molecular formula is C14H23NO3. The lowest BCUT2D eigenvalue weighted by atomic mass is 10.2. The Morgan fingerprint density at radius 1 is 1.22 bits per heavy atom. The van der Waals surface area contributed by atoms with Crippen molar-refractivity contribution in [1.82, 2.24) is 5.32 Å². The maximum absolute atomic E-state index is 9.73. The van der Waals surface area contributed by atoms with Crippen LogP contribution in [0.1, 0.15) is 13.8 Å². The molecule has 1 rings (SSSR count). The highest BCUT2D eigenvalue weighted by atomic mass is 16.5. The van der Waals surface area contributed by atoms with Crippen molar-refractivity contribution in [3.63, 3.8) is 0 Å². The van der Waals surface area contributed by atoms with Crippen LogP contribution >= 0.6 is 0 Å². The summed E-state index contributed by atoms with van der Waals surface area (Å²) < 4.78 is 10.6. The summed E-state index contributed by atoms with van der Waals surface area (Å²) in [6.07, 6.45) is -0.505. The van der Waals surface area contributed by atoms with E-state index in [2.05, 4.69) is 19.2 Å². The van der Waals surface area contributed by atoms with E-state index in [1.165, 1.54) is 0 Å². The van der Waals surface area contributed by atoms with Gasteiger partial charge in [-0.1, -0.05) is 19.9 Å². The van der Waals surface area contributed by atoms with Crippen LogP contribution in [0.3, 0.4) is 0 Å². The molecule has 102 valence electrons. The Kier molecular flexibility index (Phi) is 6.54. The maximum Gasteiger partial charge on any atom is 0.123 e. The quantitative estimate of drug-likeness (QED) is 0.740. The Bertz CT molecular complexity index is 342. The van der Waals surface area contributed by atoms with Gasteiger partial charge in [-0.2, -0.15) is 0 Å². The van der Waals surface area contributed by atoms with Crippen LogP contribution in [0.4, 0.5) is 0 Å². The monoisotopic (exact) mass is 253 g/mol. The number of nitrogens with one attached hydrogen (secondary N) is 1. The van der Waals surface area contributed by atoms with Crippen molar-refractivity contribution in [1.29, 1.82) is 0 Å². The molecule has 0 spiro atoms. The van der Waals surface area contributed by atoms with Crippen molar-refractivity contribution in [2.45, 2.75) is 20.0 Å². The van der Waals surface area contributed by atoms with Crippen LogP contribution < -0.4 is 14.8 Å². The van der Waals surface area contributed by atoms with Crippen molar-refractivity contribution in [3.05, 3.63) is 24.3 Å². The van der Waals surface area contributed by atoms with Gasteiger partial charge in [0.15, 0.2) is 0 Å². The Balaban J connectivity index is 2.26. The summed E-state index contributed by atoms with van der Waals surface area (Å²) in [5.74, 6) is 2.04. The Labute approximate surface area is 109 Å². The van der Waals surface area contributed by atoms with Gasteiger partial charge in [-0.15, -0.1) is 0 Å². The van der Waals surface area contributed by atoms with Gasteiger partial charge in [0.25, 0.3) is 0 Å². The molecule has 0 heterocycles. The number of ether oxygens (including phenoxy) is 2. The summed E-state index contributed by atoms with van der Waals surface area (Å²) in [5, 5.41) is 12.9. The first-order valence-electron chi connectivity index (χ1n) is 6.27. The number of hydrogen-bond acceptors (Lipinski definition) is 4. The van der Waals surface area contributed by atoms with Crippen molar-refractivity contribution in [3.8, 4) is 11.5 Å². The third kappa shape index (κ3) is 5.89. The number of methoxy groups -OCH3 is 1. The molecule has 0 radical (unpaired) electrons. The first-order valence-corrected chi connectivity index (χ1v) is 6.27. The molecule has 0 bridgehead atoms.